The Morgan fingerprint density at radius 1 is 0.852 bits per heavy atom. The third-order valence-electron chi connectivity index (χ3n) is 6.61. The molecule has 27 heavy (non-hydrogen) atoms. The molecular weight excluding hydrogens is 328 g/mol. The van der Waals surface area contributed by atoms with Gasteiger partial charge in [-0.1, -0.05) is 74.9 Å². The van der Waals surface area contributed by atoms with E-state index in [2.05, 4.69) is 78.7 Å². The van der Waals surface area contributed by atoms with Gasteiger partial charge in [-0.25, -0.2) is 0 Å². The summed E-state index contributed by atoms with van der Waals surface area (Å²) in [6.45, 7) is 9.21. The molecule has 1 fully saturated rings. The average molecular weight is 357 g/mol. The van der Waals surface area contributed by atoms with Gasteiger partial charge < -0.3 is 5.32 Å². The molecule has 1 aliphatic rings. The van der Waals surface area contributed by atoms with Crippen LogP contribution in [0, 0.1) is 5.92 Å². The second-order valence-corrected chi connectivity index (χ2v) is 8.13. The molecule has 1 heterocycles. The van der Waals surface area contributed by atoms with Crippen molar-refractivity contribution in [1.82, 2.24) is 10.2 Å². The summed E-state index contributed by atoms with van der Waals surface area (Å²) in [5.41, 5.74) is 1.51. The van der Waals surface area contributed by atoms with Crippen molar-refractivity contribution in [3.05, 3.63) is 60.2 Å². The molecule has 1 N–H and O–H groups in total. The second-order valence-electron chi connectivity index (χ2n) is 8.13. The Kier molecular flexibility index (Phi) is 4.26. The van der Waals surface area contributed by atoms with E-state index in [1.54, 1.807) is 0 Å². The van der Waals surface area contributed by atoms with Crippen LogP contribution in [0.2, 0.25) is 0 Å². The van der Waals surface area contributed by atoms with Gasteiger partial charge in [0.15, 0.2) is 0 Å². The number of benzene rings is 4. The quantitative estimate of drug-likeness (QED) is 0.480. The first-order chi connectivity index (χ1) is 13.3. The lowest BCUT2D eigenvalue weighted by atomic mass is 9.84. The van der Waals surface area contributed by atoms with Gasteiger partial charge in [-0.15, -0.1) is 0 Å². The number of rotatable bonds is 4. The molecule has 0 radical (unpaired) electrons. The first-order valence-electron chi connectivity index (χ1n) is 10.4. The lowest BCUT2D eigenvalue weighted by molar-refractivity contribution is 0.129. The van der Waals surface area contributed by atoms with Gasteiger partial charge in [0, 0.05) is 32.2 Å². The minimum absolute atomic E-state index is 0.488. The van der Waals surface area contributed by atoms with Gasteiger partial charge >= 0.3 is 0 Å². The standard InChI is InChI=1S/C25H28N2/c1-3-17(2)25(27-15-13-26-14-16-27)22-12-10-20-8-7-18-5-4-6-19-9-11-21(22)24(20)23(18)19/h4-12,17,25-26H,3,13-16H2,1-2H3/t17?,25-/m1/s1. The van der Waals surface area contributed by atoms with E-state index in [-0.39, 0.29) is 0 Å². The maximum absolute atomic E-state index is 3.51. The Labute approximate surface area is 161 Å². The minimum atomic E-state index is 0.488. The van der Waals surface area contributed by atoms with Crippen LogP contribution in [0.1, 0.15) is 31.9 Å². The van der Waals surface area contributed by atoms with E-state index in [1.807, 2.05) is 0 Å². The number of nitrogens with one attached hydrogen (secondary N) is 1. The Morgan fingerprint density at radius 2 is 1.48 bits per heavy atom. The van der Waals surface area contributed by atoms with Crippen molar-refractivity contribution >= 4 is 32.3 Å². The largest absolute Gasteiger partial charge is 0.314 e. The fraction of sp³-hybridized carbons (Fsp3) is 0.360. The van der Waals surface area contributed by atoms with Crippen LogP contribution in [-0.4, -0.2) is 31.1 Å². The maximum Gasteiger partial charge on any atom is 0.0380 e. The SMILES string of the molecule is CCC(C)[C@H](c1ccc2ccc3cccc4ccc1c2c34)N1CCNCC1. The van der Waals surface area contributed by atoms with E-state index in [0.717, 1.165) is 26.2 Å². The monoisotopic (exact) mass is 356 g/mol. The molecule has 0 amide bonds. The van der Waals surface area contributed by atoms with E-state index >= 15 is 0 Å². The highest BCUT2D eigenvalue weighted by Gasteiger charge is 2.28. The topological polar surface area (TPSA) is 15.3 Å². The van der Waals surface area contributed by atoms with Gasteiger partial charge in [-0.05, 0) is 43.8 Å². The summed E-state index contributed by atoms with van der Waals surface area (Å²) in [7, 11) is 0. The fourth-order valence-electron chi connectivity index (χ4n) is 5.06. The summed E-state index contributed by atoms with van der Waals surface area (Å²) in [6, 6.07) is 21.2. The zero-order chi connectivity index (χ0) is 18.4. The summed E-state index contributed by atoms with van der Waals surface area (Å²) in [4.78, 5) is 2.71. The summed E-state index contributed by atoms with van der Waals surface area (Å²) >= 11 is 0. The van der Waals surface area contributed by atoms with Crippen molar-refractivity contribution in [3.8, 4) is 0 Å². The highest BCUT2D eigenvalue weighted by Crippen LogP contribution is 2.41. The van der Waals surface area contributed by atoms with Crippen molar-refractivity contribution in [2.45, 2.75) is 26.3 Å². The summed E-state index contributed by atoms with van der Waals surface area (Å²) in [6.07, 6.45) is 1.20. The van der Waals surface area contributed by atoms with Crippen molar-refractivity contribution in [2.75, 3.05) is 26.2 Å². The number of piperazine rings is 1. The van der Waals surface area contributed by atoms with Crippen LogP contribution in [0.25, 0.3) is 32.3 Å². The summed E-state index contributed by atoms with van der Waals surface area (Å²) < 4.78 is 0. The molecule has 2 heteroatoms. The molecule has 4 aromatic carbocycles. The molecule has 0 aromatic heterocycles. The van der Waals surface area contributed by atoms with Crippen LogP contribution in [0.3, 0.4) is 0 Å². The van der Waals surface area contributed by atoms with Crippen molar-refractivity contribution < 1.29 is 0 Å². The Balaban J connectivity index is 1.78. The number of hydrogen-bond acceptors (Lipinski definition) is 2. The number of nitrogens with zero attached hydrogens (tertiary/aromatic N) is 1. The molecule has 138 valence electrons. The van der Waals surface area contributed by atoms with Gasteiger partial charge in [0.1, 0.15) is 0 Å². The first-order valence-corrected chi connectivity index (χ1v) is 10.4. The van der Waals surface area contributed by atoms with Gasteiger partial charge in [0.25, 0.3) is 0 Å². The second kappa shape index (κ2) is 6.78. The number of hydrogen-bond donors (Lipinski definition) is 1. The van der Waals surface area contributed by atoms with E-state index in [0.29, 0.717) is 12.0 Å². The molecule has 0 spiro atoms. The van der Waals surface area contributed by atoms with E-state index < -0.39 is 0 Å². The van der Waals surface area contributed by atoms with Crippen LogP contribution in [0.15, 0.2) is 54.6 Å². The first kappa shape index (κ1) is 17.0. The van der Waals surface area contributed by atoms with E-state index in [4.69, 9.17) is 0 Å². The van der Waals surface area contributed by atoms with Crippen LogP contribution < -0.4 is 5.32 Å². The van der Waals surface area contributed by atoms with Crippen molar-refractivity contribution in [3.63, 3.8) is 0 Å². The third-order valence-corrected chi connectivity index (χ3v) is 6.61. The van der Waals surface area contributed by atoms with Crippen LogP contribution >= 0.6 is 0 Å². The predicted octanol–water partition coefficient (Wildman–Crippen LogP) is 5.58. The smallest absolute Gasteiger partial charge is 0.0380 e. The molecule has 0 aliphatic carbocycles. The molecule has 2 nitrogen and oxygen atoms in total. The van der Waals surface area contributed by atoms with Gasteiger partial charge in [-0.2, -0.15) is 0 Å². The van der Waals surface area contributed by atoms with Crippen LogP contribution in [-0.2, 0) is 0 Å². The molecule has 0 saturated carbocycles. The zero-order valence-corrected chi connectivity index (χ0v) is 16.3. The molecule has 0 bridgehead atoms. The van der Waals surface area contributed by atoms with Crippen molar-refractivity contribution in [2.24, 2.45) is 5.92 Å². The van der Waals surface area contributed by atoms with Crippen LogP contribution in [0.5, 0.6) is 0 Å². The Morgan fingerprint density at radius 3 is 2.19 bits per heavy atom. The van der Waals surface area contributed by atoms with Gasteiger partial charge in [-0.3, -0.25) is 4.90 Å². The Hall–Kier alpha value is -2.16. The summed E-state index contributed by atoms with van der Waals surface area (Å²) in [5.74, 6) is 0.640. The lowest BCUT2D eigenvalue weighted by Crippen LogP contribution is -2.46. The average Bonchev–Trinajstić information content (AvgIpc) is 2.73. The molecule has 1 unspecified atom stereocenters. The highest BCUT2D eigenvalue weighted by molar-refractivity contribution is 6.23. The zero-order valence-electron chi connectivity index (χ0n) is 16.3. The molecule has 4 aromatic rings. The van der Waals surface area contributed by atoms with E-state index in [9.17, 15) is 0 Å². The Bertz CT molecular complexity index is 1060. The molecule has 1 aliphatic heterocycles. The normalized spacial score (nSPS) is 18.4. The maximum atomic E-state index is 3.51. The molecule has 5 rings (SSSR count). The van der Waals surface area contributed by atoms with Gasteiger partial charge in [0.05, 0.1) is 0 Å². The molecule has 2 atom stereocenters. The third kappa shape index (κ3) is 2.70. The predicted molar refractivity (Wildman–Crippen MR) is 117 cm³/mol. The lowest BCUT2D eigenvalue weighted by Gasteiger charge is -2.39. The molecule has 1 saturated heterocycles. The molecular formula is C25H28N2. The summed E-state index contributed by atoms with van der Waals surface area (Å²) in [5, 5.41) is 11.9. The minimum Gasteiger partial charge on any atom is -0.314 e. The van der Waals surface area contributed by atoms with E-state index in [1.165, 1.54) is 44.3 Å². The van der Waals surface area contributed by atoms with Gasteiger partial charge in [0.2, 0.25) is 0 Å². The fourth-order valence-corrected chi connectivity index (χ4v) is 5.06. The highest BCUT2D eigenvalue weighted by atomic mass is 15.2. The van der Waals surface area contributed by atoms with Crippen LogP contribution in [0.4, 0.5) is 0 Å². The van der Waals surface area contributed by atoms with Crippen molar-refractivity contribution in [1.29, 1.82) is 0 Å².